The van der Waals surface area contributed by atoms with Crippen LogP contribution >= 0.6 is 0 Å². The largest absolute Gasteiger partial charge is 0.401 e. The smallest absolute Gasteiger partial charge is 0.351 e. The van der Waals surface area contributed by atoms with E-state index in [0.29, 0.717) is 25.1 Å². The normalized spacial score (nSPS) is 16.0. The van der Waals surface area contributed by atoms with Crippen molar-refractivity contribution in [3.8, 4) is 0 Å². The molecular formula is C12H17F3N4O. The van der Waals surface area contributed by atoms with Gasteiger partial charge in [0.25, 0.3) is 5.91 Å². The van der Waals surface area contributed by atoms with Crippen molar-refractivity contribution < 1.29 is 18.0 Å². The molecule has 1 aromatic heterocycles. The third-order valence-electron chi connectivity index (χ3n) is 3.17. The van der Waals surface area contributed by atoms with Crippen molar-refractivity contribution >= 4 is 5.91 Å². The molecule has 0 unspecified atom stereocenters. The van der Waals surface area contributed by atoms with E-state index >= 15 is 0 Å². The summed E-state index contributed by atoms with van der Waals surface area (Å²) in [4.78, 5) is 13.2. The number of nitrogens with zero attached hydrogens (tertiary/aromatic N) is 2. The molecule has 5 nitrogen and oxygen atoms in total. The maximum absolute atomic E-state index is 12.4. The monoisotopic (exact) mass is 290 g/mol. The fourth-order valence-corrected chi connectivity index (χ4v) is 2.25. The average molecular weight is 290 g/mol. The third kappa shape index (κ3) is 3.50. The Morgan fingerprint density at radius 3 is 2.90 bits per heavy atom. The number of H-pyrrole nitrogens is 1. The number of carbonyl (C=O) groups excluding carboxylic acids is 1. The van der Waals surface area contributed by atoms with Crippen molar-refractivity contribution in [3.63, 3.8) is 0 Å². The Labute approximate surface area is 114 Å². The molecule has 8 heteroatoms. The van der Waals surface area contributed by atoms with Crippen LogP contribution in [0.1, 0.15) is 35.1 Å². The molecule has 2 heterocycles. The molecule has 1 aliphatic heterocycles. The highest BCUT2D eigenvalue weighted by atomic mass is 19.4. The highest BCUT2D eigenvalue weighted by molar-refractivity contribution is 5.94. The van der Waals surface area contributed by atoms with E-state index in [0.717, 1.165) is 12.1 Å². The summed E-state index contributed by atoms with van der Waals surface area (Å²) in [5, 5.41) is 9.37. The lowest BCUT2D eigenvalue weighted by Gasteiger charge is -2.27. The van der Waals surface area contributed by atoms with Crippen LogP contribution in [0.2, 0.25) is 0 Å². The van der Waals surface area contributed by atoms with E-state index in [4.69, 9.17) is 0 Å². The van der Waals surface area contributed by atoms with Gasteiger partial charge in [-0.25, -0.2) is 0 Å². The molecule has 2 rings (SSSR count). The summed E-state index contributed by atoms with van der Waals surface area (Å²) in [6, 6.07) is 0. The van der Waals surface area contributed by atoms with Crippen molar-refractivity contribution in [2.45, 2.75) is 32.5 Å². The second-order valence-electron chi connectivity index (χ2n) is 4.86. The SMILES string of the molecule is CCCNC(=O)c1n[nH]c2c1CN(CC(F)(F)F)CC2. The van der Waals surface area contributed by atoms with Gasteiger partial charge >= 0.3 is 6.18 Å². The van der Waals surface area contributed by atoms with E-state index in [-0.39, 0.29) is 18.1 Å². The lowest BCUT2D eigenvalue weighted by molar-refractivity contribution is -0.147. The van der Waals surface area contributed by atoms with E-state index in [1.807, 2.05) is 6.92 Å². The molecule has 0 spiro atoms. The van der Waals surface area contributed by atoms with Crippen molar-refractivity contribution in [1.82, 2.24) is 20.4 Å². The molecular weight excluding hydrogens is 273 g/mol. The molecule has 0 aromatic carbocycles. The molecule has 0 fully saturated rings. The van der Waals surface area contributed by atoms with Crippen molar-refractivity contribution in [3.05, 3.63) is 17.0 Å². The zero-order chi connectivity index (χ0) is 14.8. The summed E-state index contributed by atoms with van der Waals surface area (Å²) in [6.45, 7) is 1.89. The Morgan fingerprint density at radius 2 is 2.25 bits per heavy atom. The summed E-state index contributed by atoms with van der Waals surface area (Å²) >= 11 is 0. The van der Waals surface area contributed by atoms with Gasteiger partial charge < -0.3 is 5.32 Å². The highest BCUT2D eigenvalue weighted by Gasteiger charge is 2.34. The number of halogens is 3. The van der Waals surface area contributed by atoms with Gasteiger partial charge in [-0.05, 0) is 6.42 Å². The van der Waals surface area contributed by atoms with Crippen LogP contribution in [-0.4, -0.2) is 46.8 Å². The maximum atomic E-state index is 12.4. The van der Waals surface area contributed by atoms with E-state index in [1.54, 1.807) is 0 Å². The van der Waals surface area contributed by atoms with Gasteiger partial charge in [0.05, 0.1) is 6.54 Å². The number of fused-ring (bicyclic) bond motifs is 1. The number of hydrogen-bond acceptors (Lipinski definition) is 3. The van der Waals surface area contributed by atoms with Crippen LogP contribution in [0.15, 0.2) is 0 Å². The fraction of sp³-hybridized carbons (Fsp3) is 0.667. The third-order valence-corrected chi connectivity index (χ3v) is 3.17. The molecule has 0 atom stereocenters. The standard InChI is InChI=1S/C12H17F3N4O/c1-2-4-16-11(20)10-8-6-19(7-12(13,14)15)5-3-9(8)17-18-10/h2-7H2,1H3,(H,16,20)(H,17,18). The van der Waals surface area contributed by atoms with E-state index in [1.165, 1.54) is 4.90 Å². The van der Waals surface area contributed by atoms with Gasteiger partial charge in [0, 0.05) is 37.3 Å². The van der Waals surface area contributed by atoms with Gasteiger partial charge in [0.2, 0.25) is 0 Å². The number of aromatic nitrogens is 2. The summed E-state index contributed by atoms with van der Waals surface area (Å²) in [7, 11) is 0. The van der Waals surface area contributed by atoms with Gasteiger partial charge in [-0.15, -0.1) is 0 Å². The first-order valence-electron chi connectivity index (χ1n) is 6.54. The first-order valence-corrected chi connectivity index (χ1v) is 6.54. The zero-order valence-corrected chi connectivity index (χ0v) is 11.2. The summed E-state index contributed by atoms with van der Waals surface area (Å²) in [6.07, 6.45) is -3.00. The minimum Gasteiger partial charge on any atom is -0.351 e. The molecule has 20 heavy (non-hydrogen) atoms. The van der Waals surface area contributed by atoms with Crippen molar-refractivity contribution in [2.24, 2.45) is 0 Å². The molecule has 112 valence electrons. The number of aromatic amines is 1. The van der Waals surface area contributed by atoms with Gasteiger partial charge in [-0.2, -0.15) is 18.3 Å². The second-order valence-corrected chi connectivity index (χ2v) is 4.86. The van der Waals surface area contributed by atoms with Crippen LogP contribution < -0.4 is 5.32 Å². The van der Waals surface area contributed by atoms with Crippen LogP contribution in [0.4, 0.5) is 13.2 Å². The second kappa shape index (κ2) is 5.82. The number of alkyl halides is 3. The van der Waals surface area contributed by atoms with Crippen LogP contribution in [0.25, 0.3) is 0 Å². The zero-order valence-electron chi connectivity index (χ0n) is 11.2. The maximum Gasteiger partial charge on any atom is 0.401 e. The minimum atomic E-state index is -4.23. The Balaban J connectivity index is 2.10. The summed E-state index contributed by atoms with van der Waals surface area (Å²) in [5.41, 5.74) is 1.54. The van der Waals surface area contributed by atoms with Gasteiger partial charge in [0.15, 0.2) is 5.69 Å². The van der Waals surface area contributed by atoms with Crippen molar-refractivity contribution in [1.29, 1.82) is 0 Å². The molecule has 2 N–H and O–H groups in total. The Hall–Kier alpha value is -1.57. The van der Waals surface area contributed by atoms with Crippen LogP contribution in [-0.2, 0) is 13.0 Å². The summed E-state index contributed by atoms with van der Waals surface area (Å²) in [5.74, 6) is -0.335. The van der Waals surface area contributed by atoms with Crippen LogP contribution in [0.3, 0.4) is 0 Å². The number of amides is 1. The first kappa shape index (κ1) is 14.8. The highest BCUT2D eigenvalue weighted by Crippen LogP contribution is 2.24. The molecule has 0 saturated carbocycles. The van der Waals surface area contributed by atoms with Crippen LogP contribution in [0.5, 0.6) is 0 Å². The first-order chi connectivity index (χ1) is 9.40. The molecule has 1 aromatic rings. The molecule has 1 aliphatic rings. The van der Waals surface area contributed by atoms with Gasteiger partial charge in [-0.3, -0.25) is 14.8 Å². The molecule has 0 bridgehead atoms. The average Bonchev–Trinajstić information content (AvgIpc) is 2.77. The lowest BCUT2D eigenvalue weighted by Crippen LogP contribution is -2.38. The predicted octanol–water partition coefficient (Wildman–Crippen LogP) is 1.47. The predicted molar refractivity (Wildman–Crippen MR) is 66.2 cm³/mol. The quantitative estimate of drug-likeness (QED) is 0.883. The Morgan fingerprint density at radius 1 is 1.50 bits per heavy atom. The van der Waals surface area contributed by atoms with E-state index in [2.05, 4.69) is 15.5 Å². The molecule has 0 aliphatic carbocycles. The number of carbonyl (C=O) groups is 1. The van der Waals surface area contributed by atoms with Crippen LogP contribution in [0, 0.1) is 0 Å². The number of nitrogens with one attached hydrogen (secondary N) is 2. The van der Waals surface area contributed by atoms with Gasteiger partial charge in [0.1, 0.15) is 0 Å². The minimum absolute atomic E-state index is 0.0974. The number of hydrogen-bond donors (Lipinski definition) is 2. The van der Waals surface area contributed by atoms with E-state index in [9.17, 15) is 18.0 Å². The lowest BCUT2D eigenvalue weighted by atomic mass is 10.0. The summed E-state index contributed by atoms with van der Waals surface area (Å²) < 4.78 is 37.3. The Bertz CT molecular complexity index is 484. The van der Waals surface area contributed by atoms with Gasteiger partial charge in [-0.1, -0.05) is 6.92 Å². The van der Waals surface area contributed by atoms with Crippen molar-refractivity contribution in [2.75, 3.05) is 19.6 Å². The molecule has 0 radical (unpaired) electrons. The topological polar surface area (TPSA) is 61.0 Å². The Kier molecular flexibility index (Phi) is 4.32. The number of rotatable bonds is 4. The fourth-order valence-electron chi connectivity index (χ4n) is 2.25. The molecule has 0 saturated heterocycles. The molecule has 1 amide bonds. The van der Waals surface area contributed by atoms with E-state index < -0.39 is 12.7 Å².